The maximum Gasteiger partial charge on any atom is 0.239 e. The van der Waals surface area contributed by atoms with Crippen molar-refractivity contribution >= 4 is 45.3 Å². The maximum absolute atomic E-state index is 11.7. The molecular formula is C17H17BrN4O2S. The van der Waals surface area contributed by atoms with Crippen molar-refractivity contribution in [3.8, 4) is 5.75 Å². The summed E-state index contributed by atoms with van der Waals surface area (Å²) in [5.74, 6) is 1.67. The quantitative estimate of drug-likeness (QED) is 0.773. The van der Waals surface area contributed by atoms with E-state index in [0.717, 1.165) is 34.7 Å². The van der Waals surface area contributed by atoms with Crippen molar-refractivity contribution in [3.05, 3.63) is 45.5 Å². The van der Waals surface area contributed by atoms with Gasteiger partial charge >= 0.3 is 0 Å². The highest BCUT2D eigenvalue weighted by atomic mass is 79.9. The minimum atomic E-state index is -0.0402. The maximum atomic E-state index is 11.7. The minimum Gasteiger partial charge on any atom is -0.493 e. The largest absolute Gasteiger partial charge is 0.493 e. The number of nitrogens with zero attached hydrogens (tertiary/aromatic N) is 3. The van der Waals surface area contributed by atoms with Crippen molar-refractivity contribution in [2.45, 2.75) is 13.0 Å². The number of carbonyl (C=O) groups excluding carboxylic acids is 1. The average molecular weight is 421 g/mol. The van der Waals surface area contributed by atoms with Crippen LogP contribution in [0, 0.1) is 0 Å². The number of hydrogen-bond donors (Lipinski definition) is 1. The first-order chi connectivity index (χ1) is 12.2. The highest BCUT2D eigenvalue weighted by Gasteiger charge is 2.30. The van der Waals surface area contributed by atoms with E-state index in [1.807, 2.05) is 22.9 Å². The van der Waals surface area contributed by atoms with Gasteiger partial charge in [0.1, 0.15) is 12.3 Å². The van der Waals surface area contributed by atoms with E-state index in [2.05, 4.69) is 36.6 Å². The van der Waals surface area contributed by atoms with Gasteiger partial charge in [0, 0.05) is 40.8 Å². The third kappa shape index (κ3) is 3.16. The van der Waals surface area contributed by atoms with E-state index in [1.165, 1.54) is 10.5 Å². The summed E-state index contributed by atoms with van der Waals surface area (Å²) in [6.07, 6.45) is 4.44. The Hall–Kier alpha value is -1.93. The molecule has 0 unspecified atom stereocenters. The predicted octanol–water partition coefficient (Wildman–Crippen LogP) is 3.05. The Labute approximate surface area is 158 Å². The second-order valence-electron chi connectivity index (χ2n) is 5.80. The Morgan fingerprint density at radius 3 is 3.20 bits per heavy atom. The number of fused-ring (bicyclic) bond motifs is 2. The van der Waals surface area contributed by atoms with Crippen molar-refractivity contribution in [3.63, 3.8) is 0 Å². The van der Waals surface area contributed by atoms with Crippen LogP contribution in [0.2, 0.25) is 0 Å². The van der Waals surface area contributed by atoms with Crippen LogP contribution in [0.15, 0.2) is 40.0 Å². The molecule has 0 spiro atoms. The van der Waals surface area contributed by atoms with E-state index in [9.17, 15) is 4.79 Å². The smallest absolute Gasteiger partial charge is 0.239 e. The molecule has 0 fully saturated rings. The molecule has 2 aliphatic rings. The van der Waals surface area contributed by atoms with Crippen LogP contribution < -0.4 is 14.4 Å². The Morgan fingerprint density at radius 1 is 1.48 bits per heavy atom. The zero-order valence-corrected chi connectivity index (χ0v) is 16.1. The van der Waals surface area contributed by atoms with Gasteiger partial charge in [-0.2, -0.15) is 0 Å². The van der Waals surface area contributed by atoms with Crippen LogP contribution in [0.5, 0.6) is 5.75 Å². The number of benzene rings is 1. The topological polar surface area (TPSA) is 59.4 Å². The summed E-state index contributed by atoms with van der Waals surface area (Å²) in [6, 6.07) is 6.16. The van der Waals surface area contributed by atoms with Gasteiger partial charge in [0.05, 0.1) is 13.2 Å². The van der Waals surface area contributed by atoms with Crippen molar-refractivity contribution in [2.24, 2.45) is 0 Å². The molecule has 0 saturated heterocycles. The molecule has 2 aromatic rings. The Bertz CT molecular complexity index is 864. The molecule has 0 radical (unpaired) electrons. The summed E-state index contributed by atoms with van der Waals surface area (Å²) in [4.78, 5) is 17.5. The molecule has 2 aliphatic heterocycles. The molecule has 130 valence electrons. The first kappa shape index (κ1) is 16.5. The fourth-order valence-electron chi connectivity index (χ4n) is 3.00. The number of likely N-dealkylation sites (N-methyl/N-ethyl adjacent to an activating group) is 1. The van der Waals surface area contributed by atoms with Crippen molar-refractivity contribution in [1.29, 1.82) is 0 Å². The highest BCUT2D eigenvalue weighted by Crippen LogP contribution is 2.46. The summed E-state index contributed by atoms with van der Waals surface area (Å²) < 4.78 is 10.9. The van der Waals surface area contributed by atoms with Crippen LogP contribution in [-0.2, 0) is 11.3 Å². The molecule has 1 aromatic heterocycles. The summed E-state index contributed by atoms with van der Waals surface area (Å²) in [6.45, 7) is 1.67. The molecular weight excluding hydrogens is 404 g/mol. The molecule has 4 rings (SSSR count). The van der Waals surface area contributed by atoms with Crippen molar-refractivity contribution in [2.75, 3.05) is 24.5 Å². The summed E-state index contributed by atoms with van der Waals surface area (Å²) in [7, 11) is 1.64. The van der Waals surface area contributed by atoms with E-state index >= 15 is 0 Å². The lowest BCUT2D eigenvalue weighted by molar-refractivity contribution is -0.121. The second-order valence-corrected chi connectivity index (χ2v) is 7.83. The third-order valence-corrected chi connectivity index (χ3v) is 5.90. The van der Waals surface area contributed by atoms with Gasteiger partial charge in [-0.15, -0.1) is 0 Å². The van der Waals surface area contributed by atoms with Crippen LogP contribution in [-0.4, -0.2) is 35.7 Å². The summed E-state index contributed by atoms with van der Waals surface area (Å²) in [5.41, 5.74) is 2.41. The number of rotatable bonds is 3. The normalized spacial score (nSPS) is 16.2. The van der Waals surface area contributed by atoms with Crippen LogP contribution in [0.4, 0.5) is 5.95 Å². The number of aromatic nitrogens is 2. The van der Waals surface area contributed by atoms with E-state index in [-0.39, 0.29) is 12.5 Å². The van der Waals surface area contributed by atoms with Crippen molar-refractivity contribution in [1.82, 2.24) is 14.9 Å². The van der Waals surface area contributed by atoms with Gasteiger partial charge in [0.25, 0.3) is 0 Å². The van der Waals surface area contributed by atoms with Crippen molar-refractivity contribution < 1.29 is 9.53 Å². The lowest BCUT2D eigenvalue weighted by Crippen LogP contribution is -2.25. The number of anilines is 1. The van der Waals surface area contributed by atoms with E-state index < -0.39 is 0 Å². The fourth-order valence-corrected chi connectivity index (χ4v) is 4.49. The Morgan fingerprint density at radius 2 is 2.36 bits per heavy atom. The first-order valence-electron chi connectivity index (χ1n) is 7.97. The number of imidazole rings is 1. The molecule has 6 nitrogen and oxygen atoms in total. The molecule has 8 heteroatoms. The Balaban J connectivity index is 1.62. The Kier molecular flexibility index (Phi) is 4.47. The highest BCUT2D eigenvalue weighted by molar-refractivity contribution is 9.10. The number of nitrogens with one attached hydrogen (secondary N) is 1. The van der Waals surface area contributed by atoms with Gasteiger partial charge in [-0.3, -0.25) is 9.10 Å². The zero-order valence-electron chi connectivity index (χ0n) is 13.7. The molecule has 1 N–H and O–H groups in total. The number of ether oxygens (including phenoxy) is 1. The van der Waals surface area contributed by atoms with Gasteiger partial charge in [0.15, 0.2) is 0 Å². The van der Waals surface area contributed by atoms with Crippen LogP contribution >= 0.6 is 27.9 Å². The number of halogens is 1. The SMILES string of the molecule is CNC(=O)Cn1ccnc1N1CC2=C(CCOc3cc(Br)ccc32)S1. The van der Waals surface area contributed by atoms with Gasteiger partial charge < -0.3 is 14.6 Å². The minimum absolute atomic E-state index is 0.0402. The molecule has 3 heterocycles. The van der Waals surface area contributed by atoms with Crippen LogP contribution in [0.3, 0.4) is 0 Å². The van der Waals surface area contributed by atoms with Gasteiger partial charge in [-0.1, -0.05) is 15.9 Å². The lowest BCUT2D eigenvalue weighted by atomic mass is 10.0. The van der Waals surface area contributed by atoms with Crippen LogP contribution in [0.25, 0.3) is 5.57 Å². The third-order valence-electron chi connectivity index (χ3n) is 4.22. The summed E-state index contributed by atoms with van der Waals surface area (Å²) in [5, 5.41) is 2.65. The zero-order chi connectivity index (χ0) is 17.4. The standard InChI is InChI=1S/C17H17BrN4O2S/c1-19-16(23)10-21-6-5-20-17(21)22-9-13-12-3-2-11(18)8-14(12)24-7-4-15(13)25-22/h2-3,5-6,8H,4,7,9-10H2,1H3,(H,19,23). The number of amides is 1. The van der Waals surface area contributed by atoms with E-state index in [4.69, 9.17) is 4.74 Å². The number of carbonyl (C=O) groups is 1. The number of hydrogen-bond acceptors (Lipinski definition) is 5. The van der Waals surface area contributed by atoms with Crippen LogP contribution in [0.1, 0.15) is 12.0 Å². The van der Waals surface area contributed by atoms with Gasteiger partial charge in [0.2, 0.25) is 11.9 Å². The average Bonchev–Trinajstić information content (AvgIpc) is 3.18. The molecule has 0 bridgehead atoms. The second kappa shape index (κ2) is 6.76. The molecule has 0 atom stereocenters. The van der Waals surface area contributed by atoms with Gasteiger partial charge in [-0.25, -0.2) is 4.98 Å². The summed E-state index contributed by atoms with van der Waals surface area (Å²) >= 11 is 5.20. The molecule has 0 aliphatic carbocycles. The molecule has 1 amide bonds. The van der Waals surface area contributed by atoms with E-state index in [0.29, 0.717) is 6.61 Å². The molecule has 25 heavy (non-hydrogen) atoms. The van der Waals surface area contributed by atoms with E-state index in [1.54, 1.807) is 25.2 Å². The monoisotopic (exact) mass is 420 g/mol. The fraction of sp³-hybridized carbons (Fsp3) is 0.294. The van der Waals surface area contributed by atoms with Gasteiger partial charge in [-0.05, 0) is 35.7 Å². The predicted molar refractivity (Wildman–Crippen MR) is 102 cm³/mol. The first-order valence-corrected chi connectivity index (χ1v) is 9.54. The lowest BCUT2D eigenvalue weighted by Gasteiger charge is -2.19. The molecule has 1 aromatic carbocycles. The molecule has 0 saturated carbocycles.